The lowest BCUT2D eigenvalue weighted by Crippen LogP contribution is -2.63. The molecule has 4 bridgehead atoms. The number of anilines is 1. The number of likely N-dealkylation sites (N-methyl/N-ethyl adjacent to an activating group) is 1. The van der Waals surface area contributed by atoms with Crippen LogP contribution in [0.1, 0.15) is 94.5 Å². The van der Waals surface area contributed by atoms with Crippen LogP contribution in [0.4, 0.5) is 15.3 Å². The van der Waals surface area contributed by atoms with Gasteiger partial charge in [0.25, 0.3) is 0 Å². The number of aryl methyl sites for hydroxylation is 1. The van der Waals surface area contributed by atoms with E-state index in [9.17, 15) is 48.6 Å². The first-order chi connectivity index (χ1) is 47.7. The van der Waals surface area contributed by atoms with Gasteiger partial charge in [0.15, 0.2) is 5.72 Å². The summed E-state index contributed by atoms with van der Waals surface area (Å²) in [4.78, 5) is 115. The Morgan fingerprint density at radius 3 is 2.31 bits per heavy atom. The third-order valence-corrected chi connectivity index (χ3v) is 19.4. The van der Waals surface area contributed by atoms with Crippen LogP contribution in [0, 0.1) is 5.92 Å². The van der Waals surface area contributed by atoms with Gasteiger partial charge in [-0.2, -0.15) is 0 Å². The highest BCUT2D eigenvalue weighted by Gasteiger charge is 2.64. The van der Waals surface area contributed by atoms with Crippen molar-refractivity contribution in [1.82, 2.24) is 40.4 Å². The van der Waals surface area contributed by atoms with Crippen LogP contribution in [0.15, 0.2) is 109 Å². The molecule has 2 saturated heterocycles. The number of aliphatic hydroxyl groups is 1. The number of carboxylic acids is 1. The van der Waals surface area contributed by atoms with E-state index in [1.165, 1.54) is 50.0 Å². The maximum absolute atomic E-state index is 14.4. The summed E-state index contributed by atoms with van der Waals surface area (Å²) in [5.74, 6) is -4.49. The van der Waals surface area contributed by atoms with Gasteiger partial charge in [-0.25, -0.2) is 29.4 Å². The van der Waals surface area contributed by atoms with Crippen molar-refractivity contribution >= 4 is 76.1 Å². The van der Waals surface area contributed by atoms with E-state index in [4.69, 9.17) is 49.5 Å². The first kappa shape index (κ1) is 75.2. The number of nitrogens with one attached hydrogen (secondary N) is 3. The molecule has 0 radical (unpaired) electrons. The number of benzene rings is 3. The number of nitrogens with zero attached hydrogens (tertiary/aromatic N) is 6. The van der Waals surface area contributed by atoms with Crippen LogP contribution >= 0.6 is 11.6 Å². The van der Waals surface area contributed by atoms with Gasteiger partial charge in [-0.15, -0.1) is 0 Å². The van der Waals surface area contributed by atoms with Gasteiger partial charge < -0.3 is 73.1 Å². The lowest BCUT2D eigenvalue weighted by atomic mass is 9.83. The highest BCUT2D eigenvalue weighted by atomic mass is 35.5. The number of ether oxygens (including phenoxy) is 8. The number of rotatable bonds is 27. The Bertz CT molecular complexity index is 3840. The van der Waals surface area contributed by atoms with Gasteiger partial charge in [-0.3, -0.25) is 29.3 Å². The largest absolute Gasteiger partial charge is 0.495 e. The number of epoxide rings is 1. The molecule has 4 aliphatic rings. The summed E-state index contributed by atoms with van der Waals surface area (Å²) < 4.78 is 48.6. The zero-order valence-corrected chi connectivity index (χ0v) is 58.8. The summed E-state index contributed by atoms with van der Waals surface area (Å²) in [6, 6.07) is 23.0. The number of esters is 1. The molecule has 100 heavy (non-hydrogen) atoms. The normalized spacial score (nSPS) is 22.7. The molecule has 538 valence electrons. The highest BCUT2D eigenvalue weighted by molar-refractivity contribution is 6.35. The van der Waals surface area contributed by atoms with Crippen LogP contribution in [-0.2, 0) is 81.4 Å². The van der Waals surface area contributed by atoms with Crippen LogP contribution in [-0.4, -0.2) is 212 Å². The number of fused-ring (bicyclic) bond motifs is 9. The molecule has 1 aliphatic carbocycles. The Balaban J connectivity index is 0.726. The first-order valence-corrected chi connectivity index (χ1v) is 33.6. The molecule has 0 spiro atoms. The molecule has 1 unspecified atom stereocenters. The predicted octanol–water partition coefficient (Wildman–Crippen LogP) is 7.07. The fraction of sp³-hybridized carbons (Fsp3) is 0.486. The van der Waals surface area contributed by atoms with E-state index < -0.39 is 114 Å². The number of carboxylic acid groups (broad SMARTS) is 1. The number of aliphatic carboxylic acids is 1. The standard InChI is InChI=1S/C72H90ClN9O18/c1-43-17-15-23-58(94-10)72(92)40-57(98-69(90)77-72)44(2)65-71(4,100-65)59(39-62(85)80(7)55-36-46(35-43)37-56(93-9)64(55)73)99-68(89)45(3)79(6)61(84)27-31-95-33-34-96-32-29-75-67(88)54(24-25-63(86)87)76-60(83)26-30-82-48(38-47-18-16-28-74-66(47)82)41-78(5)81(8)70(91)97-42-53-51-21-13-11-19-49(51)50-20-12-14-22-52(50)53/h11-23,28,36-38,44-45,53-54,57-59,65,92H,24-27,29-35,39-42H2,1-10H3,(H,75,88)(H,76,83)(H,77,90)(H,86,87)/b23-15+,43-17+/t44-,45+,54+,57+,58-,59+,65?,71+,72+/m1/s1. The minimum atomic E-state index is -1.90. The van der Waals surface area contributed by atoms with Crippen molar-refractivity contribution in [3.8, 4) is 16.9 Å². The molecule has 2 aromatic heterocycles. The number of methoxy groups -OCH3 is 2. The third-order valence-electron chi connectivity index (χ3n) is 19.0. The zero-order valence-electron chi connectivity index (χ0n) is 58.0. The summed E-state index contributed by atoms with van der Waals surface area (Å²) in [7, 11) is 9.21. The second-order valence-electron chi connectivity index (χ2n) is 25.8. The molecule has 5 heterocycles. The Morgan fingerprint density at radius 1 is 0.920 bits per heavy atom. The molecule has 27 nitrogen and oxygen atoms in total. The maximum atomic E-state index is 14.4. The monoisotopic (exact) mass is 1400 g/mol. The van der Waals surface area contributed by atoms with Crippen LogP contribution in [0.3, 0.4) is 0 Å². The molecular weight excluding hydrogens is 1310 g/mol. The van der Waals surface area contributed by atoms with Crippen molar-refractivity contribution in [1.29, 1.82) is 0 Å². The van der Waals surface area contributed by atoms with E-state index in [0.717, 1.165) is 44.5 Å². The number of hydrogen-bond acceptors (Lipinski definition) is 19. The molecule has 2 fully saturated rings. The molecule has 9 rings (SSSR count). The molecule has 3 aromatic carbocycles. The summed E-state index contributed by atoms with van der Waals surface area (Å²) in [6.07, 6.45) is 0.515. The lowest BCUT2D eigenvalue weighted by Gasteiger charge is -2.42. The summed E-state index contributed by atoms with van der Waals surface area (Å²) in [5.41, 5.74) is 4.52. The van der Waals surface area contributed by atoms with Crippen LogP contribution < -0.4 is 25.6 Å². The lowest BCUT2D eigenvalue weighted by molar-refractivity contribution is -0.162. The Labute approximate surface area is 585 Å². The number of hydrazine groups is 1. The molecule has 9 atom stereocenters. The van der Waals surface area contributed by atoms with Gasteiger partial charge in [0.05, 0.1) is 64.7 Å². The Hall–Kier alpha value is -8.96. The number of halogens is 1. The molecule has 5 aromatic rings. The van der Waals surface area contributed by atoms with Crippen LogP contribution in [0.2, 0.25) is 5.02 Å². The van der Waals surface area contributed by atoms with Crippen molar-refractivity contribution < 1.29 is 86.5 Å². The average Bonchev–Trinajstić information content (AvgIpc) is 1.57. The van der Waals surface area contributed by atoms with Gasteiger partial charge in [-0.1, -0.05) is 90.9 Å². The van der Waals surface area contributed by atoms with Crippen molar-refractivity contribution in [2.45, 2.75) is 139 Å². The number of allylic oxidation sites excluding steroid dienone is 3. The number of alkyl carbamates (subject to hydrolysis) is 1. The van der Waals surface area contributed by atoms with Crippen molar-refractivity contribution in [3.63, 3.8) is 0 Å². The number of carbonyl (C=O) groups excluding carboxylic acids is 7. The van der Waals surface area contributed by atoms with E-state index in [-0.39, 0.29) is 89.3 Å². The van der Waals surface area contributed by atoms with Gasteiger partial charge in [0, 0.05) is 96.8 Å². The number of carbonyl (C=O) groups is 8. The summed E-state index contributed by atoms with van der Waals surface area (Å²) in [5, 5.41) is 33.4. The van der Waals surface area contributed by atoms with Gasteiger partial charge in [-0.05, 0) is 91.8 Å². The number of amides is 6. The fourth-order valence-corrected chi connectivity index (χ4v) is 13.3. The van der Waals surface area contributed by atoms with Gasteiger partial charge in [0.2, 0.25) is 23.6 Å². The topological polar surface area (TPSA) is 321 Å². The second-order valence-corrected chi connectivity index (χ2v) is 26.2. The quantitative estimate of drug-likeness (QED) is 0.0115. The highest BCUT2D eigenvalue weighted by Crippen LogP contribution is 2.50. The second kappa shape index (κ2) is 33.5. The van der Waals surface area contributed by atoms with Crippen LogP contribution in [0.25, 0.3) is 22.2 Å². The van der Waals surface area contributed by atoms with Crippen molar-refractivity contribution in [2.24, 2.45) is 5.92 Å². The molecule has 5 N–H and O–H groups in total. The van der Waals surface area contributed by atoms with E-state index >= 15 is 0 Å². The Kier molecular flexibility index (Phi) is 25.2. The van der Waals surface area contributed by atoms with E-state index in [2.05, 4.69) is 45.2 Å². The average molecular weight is 1410 g/mol. The molecular formula is C72H90ClN9O18. The minimum absolute atomic E-state index is 0.00900. The molecule has 6 amide bonds. The van der Waals surface area contributed by atoms with Gasteiger partial charge >= 0.3 is 24.1 Å². The van der Waals surface area contributed by atoms with Crippen molar-refractivity contribution in [3.05, 3.63) is 136 Å². The number of hydrogen-bond donors (Lipinski definition) is 5. The molecule has 0 saturated carbocycles. The minimum Gasteiger partial charge on any atom is -0.495 e. The van der Waals surface area contributed by atoms with Gasteiger partial charge in [0.1, 0.15) is 59.0 Å². The van der Waals surface area contributed by atoms with Crippen molar-refractivity contribution in [2.75, 3.05) is 86.9 Å². The predicted molar refractivity (Wildman–Crippen MR) is 368 cm³/mol. The Morgan fingerprint density at radius 2 is 1.62 bits per heavy atom. The van der Waals surface area contributed by atoms with E-state index in [1.54, 1.807) is 69.5 Å². The SMILES string of the molecule is COc1cc2cc(c1Cl)N(C)C(=O)C[C@H](OC(=O)[C@H](C)N(C)C(=O)CCOCCOCCNC(=O)[C@H](CCC(=O)O)NC(=O)CCn1c(CN(C)N(C)C(=O)OCC3c4ccccc4-c4ccccc43)cc3cccnc31)[C@]1(C)OC1[C@H](C)[C@@H]1C[C@@](O)(NC(=O)O1)[C@H](OC)/C=C/C=C(\C)C2. The number of aromatic nitrogens is 2. The summed E-state index contributed by atoms with van der Waals surface area (Å²) in [6.45, 7) is 7.44. The molecule has 28 heteroatoms. The third kappa shape index (κ3) is 18.0. The fourth-order valence-electron chi connectivity index (χ4n) is 13.0. The first-order valence-electron chi connectivity index (χ1n) is 33.3. The zero-order chi connectivity index (χ0) is 72.2. The van der Waals surface area contributed by atoms with E-state index in [1.807, 2.05) is 54.0 Å². The smallest absolute Gasteiger partial charge is 0.424 e. The van der Waals surface area contributed by atoms with E-state index in [0.29, 0.717) is 23.5 Å². The number of pyridine rings is 1. The van der Waals surface area contributed by atoms with Crippen LogP contribution in [0.5, 0.6) is 5.75 Å². The molecule has 3 aliphatic heterocycles. The summed E-state index contributed by atoms with van der Waals surface area (Å²) >= 11 is 6.84. The maximum Gasteiger partial charge on any atom is 0.424 e.